The lowest BCUT2D eigenvalue weighted by Gasteiger charge is -2.18. The Hall–Kier alpha value is -1.59. The standard InChI is InChI=1S/C70H136O6/c1-4-7-10-13-16-19-22-25-27-29-31-32-33-34-35-36-37-38-40-41-43-45-48-51-54-57-60-63-69(72)75-66-67(65-74-68(71)62-59-56-53-50-47-24-21-18-15-12-9-6-3)76-70(73)64-61-58-55-52-49-46-44-42-39-30-28-26-23-20-17-14-11-8-5-2/h67H,4-66H2,1-3H3. The quantitative estimate of drug-likeness (QED) is 0.0343. The van der Waals surface area contributed by atoms with Gasteiger partial charge in [-0.25, -0.2) is 0 Å². The molecule has 0 aliphatic rings. The summed E-state index contributed by atoms with van der Waals surface area (Å²) in [6.07, 6.45) is 77.1. The van der Waals surface area contributed by atoms with Crippen molar-refractivity contribution >= 4 is 17.9 Å². The first-order valence-electron chi connectivity index (χ1n) is 35.0. The van der Waals surface area contributed by atoms with Gasteiger partial charge in [0, 0.05) is 19.3 Å². The maximum absolute atomic E-state index is 12.9. The van der Waals surface area contributed by atoms with Crippen LogP contribution in [0.1, 0.15) is 412 Å². The number of ether oxygens (including phenoxy) is 3. The first-order valence-corrected chi connectivity index (χ1v) is 35.0. The number of rotatable bonds is 66. The van der Waals surface area contributed by atoms with Crippen molar-refractivity contribution in [1.82, 2.24) is 0 Å². The van der Waals surface area contributed by atoms with Crippen molar-refractivity contribution in [2.45, 2.75) is 419 Å². The molecule has 0 aromatic heterocycles. The number of hydrogen-bond acceptors (Lipinski definition) is 6. The molecule has 76 heavy (non-hydrogen) atoms. The van der Waals surface area contributed by atoms with Crippen LogP contribution in [0.4, 0.5) is 0 Å². The Labute approximate surface area is 476 Å². The lowest BCUT2D eigenvalue weighted by atomic mass is 10.0. The summed E-state index contributed by atoms with van der Waals surface area (Å²) in [7, 11) is 0. The Morgan fingerprint density at radius 2 is 0.355 bits per heavy atom. The van der Waals surface area contributed by atoms with Gasteiger partial charge in [-0.2, -0.15) is 0 Å². The third kappa shape index (κ3) is 63.2. The zero-order valence-electron chi connectivity index (χ0n) is 52.1. The normalized spacial score (nSPS) is 11.9. The van der Waals surface area contributed by atoms with Crippen LogP contribution in [-0.4, -0.2) is 37.2 Å². The van der Waals surface area contributed by atoms with Crippen LogP contribution in [0.2, 0.25) is 0 Å². The highest BCUT2D eigenvalue weighted by atomic mass is 16.6. The maximum atomic E-state index is 12.9. The minimum Gasteiger partial charge on any atom is -0.462 e. The molecule has 0 heterocycles. The third-order valence-electron chi connectivity index (χ3n) is 16.4. The fourth-order valence-electron chi connectivity index (χ4n) is 11.1. The molecule has 0 saturated heterocycles. The SMILES string of the molecule is CCCCCCCCCCCCCCCCCCCCCCCCCCCCCC(=O)OCC(COC(=O)CCCCCCCCCCCCCC)OC(=O)CCCCCCCCCCCCCCCCCCCCC. The van der Waals surface area contributed by atoms with Gasteiger partial charge in [-0.3, -0.25) is 14.4 Å². The Morgan fingerprint density at radius 3 is 0.526 bits per heavy atom. The van der Waals surface area contributed by atoms with Gasteiger partial charge in [0.2, 0.25) is 0 Å². The second-order valence-electron chi connectivity index (χ2n) is 24.2. The molecular formula is C70H136O6. The van der Waals surface area contributed by atoms with E-state index in [9.17, 15) is 14.4 Å². The Bertz CT molecular complexity index is 1140. The van der Waals surface area contributed by atoms with Crippen molar-refractivity contribution < 1.29 is 28.6 Å². The molecule has 0 radical (unpaired) electrons. The predicted octanol–water partition coefficient (Wildman–Crippen LogP) is 23.8. The summed E-state index contributed by atoms with van der Waals surface area (Å²) in [6.45, 7) is 6.73. The van der Waals surface area contributed by atoms with E-state index in [1.54, 1.807) is 0 Å². The molecule has 0 fully saturated rings. The summed E-state index contributed by atoms with van der Waals surface area (Å²) in [5.74, 6) is -0.822. The van der Waals surface area contributed by atoms with Gasteiger partial charge >= 0.3 is 17.9 Å². The van der Waals surface area contributed by atoms with E-state index in [1.807, 2.05) is 0 Å². The second kappa shape index (κ2) is 65.9. The number of carbonyl (C=O) groups is 3. The Kier molecular flexibility index (Phi) is 64.5. The molecule has 0 N–H and O–H groups in total. The second-order valence-corrected chi connectivity index (χ2v) is 24.2. The van der Waals surface area contributed by atoms with Gasteiger partial charge in [0.15, 0.2) is 6.10 Å². The molecule has 0 amide bonds. The molecule has 0 aliphatic carbocycles. The van der Waals surface area contributed by atoms with Crippen molar-refractivity contribution in [3.8, 4) is 0 Å². The molecule has 1 unspecified atom stereocenters. The van der Waals surface area contributed by atoms with Gasteiger partial charge in [0.1, 0.15) is 13.2 Å². The molecule has 0 aromatic carbocycles. The van der Waals surface area contributed by atoms with Crippen LogP contribution in [0.3, 0.4) is 0 Å². The number of esters is 3. The fourth-order valence-corrected chi connectivity index (χ4v) is 11.1. The van der Waals surface area contributed by atoms with E-state index in [-0.39, 0.29) is 31.1 Å². The van der Waals surface area contributed by atoms with Crippen LogP contribution < -0.4 is 0 Å². The van der Waals surface area contributed by atoms with Crippen molar-refractivity contribution in [2.75, 3.05) is 13.2 Å². The van der Waals surface area contributed by atoms with E-state index in [4.69, 9.17) is 14.2 Å². The predicted molar refractivity (Wildman–Crippen MR) is 330 cm³/mol. The van der Waals surface area contributed by atoms with Crippen LogP contribution >= 0.6 is 0 Å². The highest BCUT2D eigenvalue weighted by Gasteiger charge is 2.19. The lowest BCUT2D eigenvalue weighted by Crippen LogP contribution is -2.30. The molecule has 6 heteroatoms. The summed E-state index contributed by atoms with van der Waals surface area (Å²) in [5, 5.41) is 0. The summed E-state index contributed by atoms with van der Waals surface area (Å²) >= 11 is 0. The topological polar surface area (TPSA) is 78.9 Å². The first-order chi connectivity index (χ1) is 37.5. The smallest absolute Gasteiger partial charge is 0.306 e. The molecule has 0 saturated carbocycles. The van der Waals surface area contributed by atoms with E-state index in [1.165, 1.54) is 315 Å². The minimum absolute atomic E-state index is 0.0604. The van der Waals surface area contributed by atoms with E-state index in [0.29, 0.717) is 19.3 Å². The van der Waals surface area contributed by atoms with E-state index >= 15 is 0 Å². The van der Waals surface area contributed by atoms with Crippen molar-refractivity contribution in [2.24, 2.45) is 0 Å². The molecule has 0 aromatic rings. The molecule has 0 bridgehead atoms. The van der Waals surface area contributed by atoms with Gasteiger partial charge in [-0.1, -0.05) is 374 Å². The zero-order valence-corrected chi connectivity index (χ0v) is 52.1. The average Bonchev–Trinajstić information content (AvgIpc) is 3.42. The number of hydrogen-bond donors (Lipinski definition) is 0. The van der Waals surface area contributed by atoms with E-state index in [2.05, 4.69) is 20.8 Å². The van der Waals surface area contributed by atoms with Crippen LogP contribution in [0, 0.1) is 0 Å². The number of carbonyl (C=O) groups excluding carboxylic acids is 3. The van der Waals surface area contributed by atoms with Gasteiger partial charge in [-0.15, -0.1) is 0 Å². The molecule has 0 rings (SSSR count). The van der Waals surface area contributed by atoms with Crippen LogP contribution in [0.25, 0.3) is 0 Å². The summed E-state index contributed by atoms with van der Waals surface area (Å²) in [6, 6.07) is 0. The van der Waals surface area contributed by atoms with Crippen LogP contribution in [0.5, 0.6) is 0 Å². The maximum Gasteiger partial charge on any atom is 0.306 e. The fraction of sp³-hybridized carbons (Fsp3) is 0.957. The highest BCUT2D eigenvalue weighted by molar-refractivity contribution is 5.71. The summed E-state index contributed by atoms with van der Waals surface area (Å²) in [4.78, 5) is 38.3. The van der Waals surface area contributed by atoms with Crippen LogP contribution in [-0.2, 0) is 28.6 Å². The highest BCUT2D eigenvalue weighted by Crippen LogP contribution is 2.19. The largest absolute Gasteiger partial charge is 0.462 e. The average molecular weight is 1070 g/mol. The van der Waals surface area contributed by atoms with Gasteiger partial charge in [-0.05, 0) is 19.3 Å². The first kappa shape index (κ1) is 74.4. The third-order valence-corrected chi connectivity index (χ3v) is 16.4. The molecule has 0 spiro atoms. The van der Waals surface area contributed by atoms with Crippen molar-refractivity contribution in [1.29, 1.82) is 0 Å². The van der Waals surface area contributed by atoms with Gasteiger partial charge < -0.3 is 14.2 Å². The summed E-state index contributed by atoms with van der Waals surface area (Å²) < 4.78 is 17.0. The van der Waals surface area contributed by atoms with E-state index in [0.717, 1.165) is 57.8 Å². The molecule has 452 valence electrons. The Morgan fingerprint density at radius 1 is 0.211 bits per heavy atom. The van der Waals surface area contributed by atoms with E-state index < -0.39 is 6.10 Å². The number of unbranched alkanes of at least 4 members (excludes halogenated alkanes) is 55. The van der Waals surface area contributed by atoms with Gasteiger partial charge in [0.25, 0.3) is 0 Å². The van der Waals surface area contributed by atoms with Gasteiger partial charge in [0.05, 0.1) is 0 Å². The Balaban J connectivity index is 4.14. The summed E-state index contributed by atoms with van der Waals surface area (Å²) in [5.41, 5.74) is 0. The molecule has 6 nitrogen and oxygen atoms in total. The molecule has 1 atom stereocenters. The minimum atomic E-state index is -0.763. The molecule has 0 aliphatic heterocycles. The monoisotopic (exact) mass is 1070 g/mol. The van der Waals surface area contributed by atoms with Crippen molar-refractivity contribution in [3.05, 3.63) is 0 Å². The lowest BCUT2D eigenvalue weighted by molar-refractivity contribution is -0.167. The zero-order chi connectivity index (χ0) is 55.0. The molecular weight excluding hydrogens is 937 g/mol. The van der Waals surface area contributed by atoms with Crippen molar-refractivity contribution in [3.63, 3.8) is 0 Å². The van der Waals surface area contributed by atoms with Crippen LogP contribution in [0.15, 0.2) is 0 Å².